The fraction of sp³-hybridized carbons (Fsp3) is 0.410. The third-order valence-corrected chi connectivity index (χ3v) is 9.48. The van der Waals surface area contributed by atoms with Crippen LogP contribution in [0, 0.1) is 30.0 Å². The number of aryl methyl sites for hydroxylation is 2. The summed E-state index contributed by atoms with van der Waals surface area (Å²) in [5.41, 5.74) is 8.47. The molecule has 1 aliphatic rings. The fourth-order valence-corrected chi connectivity index (χ4v) is 7.02. The molecule has 42 heavy (non-hydrogen) atoms. The Morgan fingerprint density at radius 1 is 0.905 bits per heavy atom. The van der Waals surface area contributed by atoms with Gasteiger partial charge in [-0.25, -0.2) is 8.96 Å². The largest absolute Gasteiger partial charge is 0.454 e. The third-order valence-electron chi connectivity index (χ3n) is 9.48. The number of halogens is 1. The van der Waals surface area contributed by atoms with Crippen LogP contribution in [-0.4, -0.2) is 0 Å². The summed E-state index contributed by atoms with van der Waals surface area (Å²) in [5.74, 6) is 0.326. The van der Waals surface area contributed by atoms with Crippen molar-refractivity contribution in [3.8, 4) is 22.4 Å². The van der Waals surface area contributed by atoms with Gasteiger partial charge in [0, 0.05) is 24.3 Å². The molecular weight excluding hydrogens is 517 g/mol. The van der Waals surface area contributed by atoms with Crippen molar-refractivity contribution < 1.29 is 14.7 Å². The molecule has 218 valence electrons. The zero-order valence-corrected chi connectivity index (χ0v) is 26.3. The number of hydrogen-bond acceptors (Lipinski definition) is 1. The molecule has 3 aromatic carbocycles. The summed E-state index contributed by atoms with van der Waals surface area (Å²) in [4.78, 5) is 0. The molecule has 0 amide bonds. The van der Waals surface area contributed by atoms with E-state index in [9.17, 15) is 1.37 Å². The molecule has 0 aliphatic heterocycles. The molecule has 1 aliphatic carbocycles. The first-order chi connectivity index (χ1) is 20.4. The predicted molar refractivity (Wildman–Crippen MR) is 173 cm³/mol. The van der Waals surface area contributed by atoms with E-state index >= 15 is 4.39 Å². The van der Waals surface area contributed by atoms with E-state index in [0.717, 1.165) is 76.4 Å². The van der Waals surface area contributed by atoms with E-state index in [-0.39, 0.29) is 11.2 Å². The Morgan fingerprint density at radius 3 is 2.19 bits per heavy atom. The number of rotatable bonds is 5. The molecule has 0 atom stereocenters. The summed E-state index contributed by atoms with van der Waals surface area (Å²) in [7, 11) is 2.07. The lowest BCUT2D eigenvalue weighted by atomic mass is 9.68. The van der Waals surface area contributed by atoms with Crippen LogP contribution in [0.1, 0.15) is 84.3 Å². The minimum atomic E-state index is -0.587. The maximum absolute atomic E-state index is 15.7. The van der Waals surface area contributed by atoms with Gasteiger partial charge in [-0.3, -0.25) is 0 Å². The van der Waals surface area contributed by atoms with Gasteiger partial charge in [0.15, 0.2) is 6.20 Å². The molecule has 0 bridgehead atoms. The molecule has 1 fully saturated rings. The summed E-state index contributed by atoms with van der Waals surface area (Å²) in [6, 6.07) is 20.1. The first-order valence-electron chi connectivity index (χ1n) is 16.1. The van der Waals surface area contributed by atoms with Gasteiger partial charge in [0.25, 0.3) is 0 Å². The average Bonchev–Trinajstić information content (AvgIpc) is 3.32. The third kappa shape index (κ3) is 5.27. The van der Waals surface area contributed by atoms with Crippen molar-refractivity contribution in [2.45, 2.75) is 79.5 Å². The number of nitrogens with zero attached hydrogens (tertiary/aromatic N) is 1. The second-order valence-corrected chi connectivity index (χ2v) is 14.0. The Balaban J connectivity index is 1.43. The van der Waals surface area contributed by atoms with Crippen LogP contribution < -0.4 is 4.57 Å². The van der Waals surface area contributed by atoms with Gasteiger partial charge in [-0.2, -0.15) is 0 Å². The van der Waals surface area contributed by atoms with Crippen LogP contribution in [0.15, 0.2) is 71.3 Å². The van der Waals surface area contributed by atoms with Crippen LogP contribution in [0.25, 0.3) is 44.3 Å². The zero-order valence-electron chi connectivity index (χ0n) is 27.3. The van der Waals surface area contributed by atoms with E-state index in [4.69, 9.17) is 4.42 Å². The van der Waals surface area contributed by atoms with Gasteiger partial charge in [-0.05, 0) is 96.6 Å². The Hall–Kier alpha value is -3.46. The molecule has 0 spiro atoms. The Kier molecular flexibility index (Phi) is 7.16. The molecule has 2 aromatic heterocycles. The maximum Gasteiger partial charge on any atom is 0.216 e. The molecule has 3 heteroatoms. The van der Waals surface area contributed by atoms with Crippen molar-refractivity contribution in [1.29, 1.82) is 0 Å². The van der Waals surface area contributed by atoms with Crippen LogP contribution >= 0.6 is 0 Å². The summed E-state index contributed by atoms with van der Waals surface area (Å²) in [6.45, 7) is 13.5. The monoisotopic (exact) mass is 563 g/mol. The second-order valence-electron chi connectivity index (χ2n) is 14.0. The lowest BCUT2D eigenvalue weighted by Crippen LogP contribution is -2.31. The Morgan fingerprint density at radius 2 is 1.55 bits per heavy atom. The molecule has 0 saturated heterocycles. The number of furan rings is 1. The van der Waals surface area contributed by atoms with Crippen LogP contribution in [0.3, 0.4) is 0 Å². The molecule has 2 heterocycles. The van der Waals surface area contributed by atoms with Crippen LogP contribution in [0.2, 0.25) is 0 Å². The van der Waals surface area contributed by atoms with Gasteiger partial charge < -0.3 is 4.42 Å². The van der Waals surface area contributed by atoms with Crippen molar-refractivity contribution in [3.05, 3.63) is 89.4 Å². The number of fused-ring (bicyclic) bond motifs is 3. The van der Waals surface area contributed by atoms with Crippen LogP contribution in [-0.2, 0) is 13.5 Å². The zero-order chi connectivity index (χ0) is 30.7. The highest BCUT2D eigenvalue weighted by Crippen LogP contribution is 2.45. The highest BCUT2D eigenvalue weighted by Gasteiger charge is 2.30. The Bertz CT molecular complexity index is 1800. The molecule has 0 N–H and O–H groups in total. The SMILES string of the molecule is [2H]C1(c2ccc(-c3c(F)ccc4c3oc3c(-c5cc(CC(C)C)cc[n+]5C)c(C)ccc34)cc2)CCC(C(C)(C)C)CC1. The van der Waals surface area contributed by atoms with E-state index < -0.39 is 5.89 Å². The van der Waals surface area contributed by atoms with Gasteiger partial charge in [-0.1, -0.05) is 71.0 Å². The summed E-state index contributed by atoms with van der Waals surface area (Å²) >= 11 is 0. The van der Waals surface area contributed by atoms with Gasteiger partial charge in [0.1, 0.15) is 24.0 Å². The second kappa shape index (κ2) is 11.0. The normalized spacial score (nSPS) is 20.0. The molecule has 2 nitrogen and oxygen atoms in total. The maximum atomic E-state index is 15.7. The van der Waals surface area contributed by atoms with E-state index in [0.29, 0.717) is 23.0 Å². The highest BCUT2D eigenvalue weighted by atomic mass is 19.1. The minimum Gasteiger partial charge on any atom is -0.454 e. The van der Waals surface area contributed by atoms with Crippen molar-refractivity contribution in [2.75, 3.05) is 0 Å². The van der Waals surface area contributed by atoms with Crippen molar-refractivity contribution in [1.82, 2.24) is 0 Å². The van der Waals surface area contributed by atoms with Crippen molar-refractivity contribution in [3.63, 3.8) is 0 Å². The lowest BCUT2D eigenvalue weighted by molar-refractivity contribution is -0.660. The molecule has 0 radical (unpaired) electrons. The fourth-order valence-electron chi connectivity index (χ4n) is 7.02. The molecule has 1 saturated carbocycles. The molecule has 6 rings (SSSR count). The average molecular weight is 564 g/mol. The quantitative estimate of drug-likeness (QED) is 0.194. The summed E-state index contributed by atoms with van der Waals surface area (Å²) in [6.07, 6.45) is 6.99. The van der Waals surface area contributed by atoms with E-state index in [1.54, 1.807) is 6.07 Å². The standard InChI is InChI=1S/C39H45FNO/c1-24(2)22-26-20-21-41(7)34(23-26)35-25(3)8-17-31-32-18-19-33(40)36(38(32)42-37(31)35)29-11-9-27(10-12-29)28-13-15-30(16-14-28)39(4,5)6/h8-12,17-21,23-24,28,30H,13-16,22H2,1-7H3/q+1/i28D. The van der Waals surface area contributed by atoms with Crippen molar-refractivity contribution >= 4 is 21.9 Å². The smallest absolute Gasteiger partial charge is 0.216 e. The van der Waals surface area contributed by atoms with Gasteiger partial charge in [-0.15, -0.1) is 0 Å². The highest BCUT2D eigenvalue weighted by molar-refractivity contribution is 6.13. The van der Waals surface area contributed by atoms with Crippen LogP contribution in [0.5, 0.6) is 0 Å². The predicted octanol–water partition coefficient (Wildman–Crippen LogP) is 10.7. The summed E-state index contributed by atoms with van der Waals surface area (Å²) < 4.78 is 33.8. The van der Waals surface area contributed by atoms with E-state index in [2.05, 4.69) is 83.6 Å². The Labute approximate surface area is 252 Å². The number of aromatic nitrogens is 1. The number of benzene rings is 3. The van der Waals surface area contributed by atoms with E-state index in [1.165, 1.54) is 5.56 Å². The number of hydrogen-bond donors (Lipinski definition) is 0. The first-order valence-corrected chi connectivity index (χ1v) is 15.6. The molecule has 0 unspecified atom stereocenters. The van der Waals surface area contributed by atoms with Crippen LogP contribution in [0.4, 0.5) is 4.39 Å². The van der Waals surface area contributed by atoms with Gasteiger partial charge in [0.05, 0.1) is 11.1 Å². The lowest BCUT2D eigenvalue weighted by Gasteiger charge is -2.37. The molecular formula is C39H45FNO+. The van der Waals surface area contributed by atoms with E-state index in [1.807, 2.05) is 30.3 Å². The van der Waals surface area contributed by atoms with Crippen molar-refractivity contribution in [2.24, 2.45) is 24.3 Å². The van der Waals surface area contributed by atoms with Gasteiger partial charge >= 0.3 is 0 Å². The summed E-state index contributed by atoms with van der Waals surface area (Å²) in [5, 5.41) is 1.90. The number of pyridine rings is 1. The topological polar surface area (TPSA) is 17.0 Å². The van der Waals surface area contributed by atoms with Gasteiger partial charge in [0.2, 0.25) is 5.69 Å². The first kappa shape index (κ1) is 27.4. The molecule has 5 aromatic rings. The minimum absolute atomic E-state index is 0.278.